The first-order chi connectivity index (χ1) is 6.97. The number of methoxy groups -OCH3 is 1. The van der Waals surface area contributed by atoms with Gasteiger partial charge < -0.3 is 15.6 Å². The number of hydrogen-bond donors (Lipinski definition) is 2. The van der Waals surface area contributed by atoms with Crippen LogP contribution in [0.1, 0.15) is 12.5 Å². The Balaban J connectivity index is 3.26. The molecule has 0 amide bonds. The number of halogens is 2. The highest BCUT2D eigenvalue weighted by Gasteiger charge is 2.19. The van der Waals surface area contributed by atoms with E-state index in [0.717, 1.165) is 0 Å². The summed E-state index contributed by atoms with van der Waals surface area (Å²) in [5.74, 6) is -2.62. The second-order valence-corrected chi connectivity index (χ2v) is 3.38. The quantitative estimate of drug-likeness (QED) is 0.808. The first kappa shape index (κ1) is 11.7. The van der Waals surface area contributed by atoms with Gasteiger partial charge in [0.15, 0.2) is 17.3 Å². The molecule has 1 unspecified atom stereocenters. The predicted octanol–water partition coefficient (Wildman–Crippen LogP) is 1.57. The highest BCUT2D eigenvalue weighted by atomic mass is 19.1. The van der Waals surface area contributed by atoms with Crippen LogP contribution in [0.4, 0.5) is 8.78 Å². The van der Waals surface area contributed by atoms with Crippen molar-refractivity contribution in [2.75, 3.05) is 7.11 Å². The van der Waals surface area contributed by atoms with E-state index in [9.17, 15) is 13.9 Å². The van der Waals surface area contributed by atoms with E-state index in [0.29, 0.717) is 6.07 Å². The van der Waals surface area contributed by atoms with Crippen molar-refractivity contribution in [2.45, 2.75) is 19.4 Å². The maximum atomic E-state index is 13.3. The molecule has 3 N–H and O–H groups in total. The van der Waals surface area contributed by atoms with Gasteiger partial charge >= 0.3 is 0 Å². The normalized spacial score (nSPS) is 12.6. The zero-order valence-corrected chi connectivity index (χ0v) is 8.55. The molecule has 15 heavy (non-hydrogen) atoms. The van der Waals surface area contributed by atoms with Crippen LogP contribution in [0.2, 0.25) is 0 Å². The molecule has 0 saturated carbocycles. The molecule has 0 aliphatic carbocycles. The smallest absolute Gasteiger partial charge is 0.197 e. The first-order valence-electron chi connectivity index (χ1n) is 4.46. The van der Waals surface area contributed by atoms with E-state index < -0.39 is 17.4 Å². The second-order valence-electron chi connectivity index (χ2n) is 3.38. The molecule has 0 aliphatic heterocycles. The summed E-state index contributed by atoms with van der Waals surface area (Å²) in [7, 11) is 1.20. The van der Waals surface area contributed by atoms with Gasteiger partial charge in [0, 0.05) is 17.7 Å². The van der Waals surface area contributed by atoms with Crippen molar-refractivity contribution in [3.8, 4) is 11.5 Å². The van der Waals surface area contributed by atoms with Crippen LogP contribution >= 0.6 is 0 Å². The van der Waals surface area contributed by atoms with Crippen LogP contribution in [0.3, 0.4) is 0 Å². The highest BCUT2D eigenvalue weighted by molar-refractivity contribution is 5.47. The Bertz CT molecular complexity index is 367. The van der Waals surface area contributed by atoms with E-state index >= 15 is 0 Å². The van der Waals surface area contributed by atoms with E-state index in [-0.39, 0.29) is 23.8 Å². The van der Waals surface area contributed by atoms with Crippen molar-refractivity contribution in [1.82, 2.24) is 0 Å². The van der Waals surface area contributed by atoms with Crippen LogP contribution in [-0.4, -0.2) is 18.3 Å². The molecule has 0 aromatic heterocycles. The molecule has 0 aliphatic rings. The SMILES string of the molecule is COc1c(F)cc(F)c(CC(C)N)c1O. The highest BCUT2D eigenvalue weighted by Crippen LogP contribution is 2.35. The Morgan fingerprint density at radius 3 is 2.53 bits per heavy atom. The number of hydrogen-bond acceptors (Lipinski definition) is 3. The number of phenolic OH excluding ortho intramolecular Hbond substituents is 1. The zero-order chi connectivity index (χ0) is 11.6. The van der Waals surface area contributed by atoms with Gasteiger partial charge in [-0.05, 0) is 13.3 Å². The Morgan fingerprint density at radius 2 is 2.07 bits per heavy atom. The van der Waals surface area contributed by atoms with E-state index in [2.05, 4.69) is 4.74 Å². The van der Waals surface area contributed by atoms with Gasteiger partial charge in [0.25, 0.3) is 0 Å². The van der Waals surface area contributed by atoms with E-state index in [1.165, 1.54) is 7.11 Å². The van der Waals surface area contributed by atoms with E-state index in [1.54, 1.807) is 6.92 Å². The third kappa shape index (κ3) is 2.36. The van der Waals surface area contributed by atoms with E-state index in [4.69, 9.17) is 5.73 Å². The molecule has 0 bridgehead atoms. The predicted molar refractivity (Wildman–Crippen MR) is 51.9 cm³/mol. The van der Waals surface area contributed by atoms with Crippen molar-refractivity contribution in [3.05, 3.63) is 23.3 Å². The van der Waals surface area contributed by atoms with Crippen LogP contribution < -0.4 is 10.5 Å². The summed E-state index contributed by atoms with van der Waals surface area (Å²) in [6, 6.07) is 0.344. The minimum atomic E-state index is -0.930. The number of nitrogens with two attached hydrogens (primary N) is 1. The number of phenols is 1. The summed E-state index contributed by atoms with van der Waals surface area (Å²) < 4.78 is 31.0. The lowest BCUT2D eigenvalue weighted by atomic mass is 10.0. The fourth-order valence-corrected chi connectivity index (χ4v) is 1.34. The van der Waals surface area contributed by atoms with Crippen LogP contribution in [0.15, 0.2) is 6.07 Å². The molecule has 0 heterocycles. The standard InChI is InChI=1S/C10H13F2NO2/c1-5(13)3-6-7(11)4-8(12)10(15-2)9(6)14/h4-5,14H,3,13H2,1-2H3. The third-order valence-electron chi connectivity index (χ3n) is 1.99. The number of benzene rings is 1. The zero-order valence-electron chi connectivity index (χ0n) is 8.55. The molecule has 5 heteroatoms. The molecule has 1 atom stereocenters. The Morgan fingerprint density at radius 1 is 1.47 bits per heavy atom. The Kier molecular flexibility index (Phi) is 3.47. The molecule has 0 radical (unpaired) electrons. The molecule has 0 saturated heterocycles. The summed E-state index contributed by atoms with van der Waals surface area (Å²) in [4.78, 5) is 0. The first-order valence-corrected chi connectivity index (χ1v) is 4.46. The Labute approximate surface area is 86.5 Å². The van der Waals surface area contributed by atoms with Crippen molar-refractivity contribution < 1.29 is 18.6 Å². The number of aromatic hydroxyl groups is 1. The monoisotopic (exact) mass is 217 g/mol. The lowest BCUT2D eigenvalue weighted by Gasteiger charge is -2.12. The van der Waals surface area contributed by atoms with Crippen LogP contribution in [-0.2, 0) is 6.42 Å². The van der Waals surface area contributed by atoms with Gasteiger partial charge in [-0.15, -0.1) is 0 Å². The lowest BCUT2D eigenvalue weighted by Crippen LogP contribution is -2.19. The largest absolute Gasteiger partial charge is 0.504 e. The van der Waals surface area contributed by atoms with Crippen molar-refractivity contribution in [2.24, 2.45) is 5.73 Å². The fraction of sp³-hybridized carbons (Fsp3) is 0.400. The molecule has 0 fully saturated rings. The van der Waals surface area contributed by atoms with Gasteiger partial charge in [0.05, 0.1) is 7.11 Å². The Hall–Kier alpha value is -1.36. The minimum Gasteiger partial charge on any atom is -0.504 e. The van der Waals surface area contributed by atoms with Gasteiger partial charge in [-0.25, -0.2) is 8.78 Å². The number of ether oxygens (including phenoxy) is 1. The van der Waals surface area contributed by atoms with Gasteiger partial charge in [-0.2, -0.15) is 0 Å². The maximum Gasteiger partial charge on any atom is 0.197 e. The summed E-state index contributed by atoms with van der Waals surface area (Å²) >= 11 is 0. The molecular weight excluding hydrogens is 204 g/mol. The maximum absolute atomic E-state index is 13.3. The minimum absolute atomic E-state index is 0.0248. The summed E-state index contributed by atoms with van der Waals surface area (Å²) in [5, 5.41) is 9.54. The lowest BCUT2D eigenvalue weighted by molar-refractivity contribution is 0.343. The average Bonchev–Trinajstić information content (AvgIpc) is 2.12. The van der Waals surface area contributed by atoms with Crippen LogP contribution in [0.25, 0.3) is 0 Å². The van der Waals surface area contributed by atoms with Gasteiger partial charge in [-0.1, -0.05) is 0 Å². The molecular formula is C10H13F2NO2. The van der Waals surface area contributed by atoms with Gasteiger partial charge in [0.1, 0.15) is 5.82 Å². The topological polar surface area (TPSA) is 55.5 Å². The fourth-order valence-electron chi connectivity index (χ4n) is 1.34. The van der Waals surface area contributed by atoms with Crippen molar-refractivity contribution in [3.63, 3.8) is 0 Å². The summed E-state index contributed by atoms with van der Waals surface area (Å²) in [6.07, 6.45) is 0.119. The third-order valence-corrected chi connectivity index (χ3v) is 1.99. The van der Waals surface area contributed by atoms with E-state index in [1.807, 2.05) is 0 Å². The molecule has 1 aromatic rings. The molecule has 84 valence electrons. The molecule has 1 rings (SSSR count). The number of rotatable bonds is 3. The molecule has 3 nitrogen and oxygen atoms in total. The molecule has 1 aromatic carbocycles. The van der Waals surface area contributed by atoms with Crippen molar-refractivity contribution in [1.29, 1.82) is 0 Å². The van der Waals surface area contributed by atoms with Gasteiger partial charge in [-0.3, -0.25) is 0 Å². The summed E-state index contributed by atoms with van der Waals surface area (Å²) in [5.41, 5.74) is 5.45. The van der Waals surface area contributed by atoms with Crippen LogP contribution in [0.5, 0.6) is 11.5 Å². The molecule has 0 spiro atoms. The van der Waals surface area contributed by atoms with Crippen molar-refractivity contribution >= 4 is 0 Å². The summed E-state index contributed by atoms with van der Waals surface area (Å²) in [6.45, 7) is 1.66. The van der Waals surface area contributed by atoms with Crippen LogP contribution in [0, 0.1) is 11.6 Å². The van der Waals surface area contributed by atoms with Gasteiger partial charge in [0.2, 0.25) is 0 Å². The second kappa shape index (κ2) is 4.44. The average molecular weight is 217 g/mol.